The third kappa shape index (κ3) is 3.21. The standard InChI is InChI=1S/C14H18BrN3/c1-3-8-16-10(2)13-9-17-14(18-13)11-4-6-12(15)7-5-11/h4-7,9-10,16H,3,8H2,1-2H3,(H,17,18). The van der Waals surface area contributed by atoms with Crippen LogP contribution in [0.3, 0.4) is 0 Å². The van der Waals surface area contributed by atoms with E-state index in [-0.39, 0.29) is 0 Å². The smallest absolute Gasteiger partial charge is 0.137 e. The molecule has 1 aromatic carbocycles. The van der Waals surface area contributed by atoms with E-state index in [2.05, 4.69) is 57.2 Å². The van der Waals surface area contributed by atoms with Crippen LogP contribution in [0.15, 0.2) is 34.9 Å². The molecule has 1 unspecified atom stereocenters. The Hall–Kier alpha value is -1.13. The molecule has 0 spiro atoms. The van der Waals surface area contributed by atoms with Gasteiger partial charge >= 0.3 is 0 Å². The molecule has 0 fully saturated rings. The lowest BCUT2D eigenvalue weighted by Gasteiger charge is -2.10. The summed E-state index contributed by atoms with van der Waals surface area (Å²) in [5.41, 5.74) is 2.23. The van der Waals surface area contributed by atoms with E-state index in [1.54, 1.807) is 0 Å². The Morgan fingerprint density at radius 3 is 2.72 bits per heavy atom. The van der Waals surface area contributed by atoms with Gasteiger partial charge in [-0.2, -0.15) is 0 Å². The molecule has 1 atom stereocenters. The van der Waals surface area contributed by atoms with Crippen molar-refractivity contribution in [2.24, 2.45) is 0 Å². The molecule has 0 saturated heterocycles. The fraction of sp³-hybridized carbons (Fsp3) is 0.357. The van der Waals surface area contributed by atoms with Gasteiger partial charge < -0.3 is 10.3 Å². The summed E-state index contributed by atoms with van der Waals surface area (Å²) in [5, 5.41) is 3.44. The fourth-order valence-electron chi connectivity index (χ4n) is 1.78. The monoisotopic (exact) mass is 307 g/mol. The highest BCUT2D eigenvalue weighted by Crippen LogP contribution is 2.20. The number of halogens is 1. The quantitative estimate of drug-likeness (QED) is 0.879. The van der Waals surface area contributed by atoms with Crippen molar-refractivity contribution in [3.8, 4) is 11.4 Å². The molecule has 0 aliphatic carbocycles. The predicted octanol–water partition coefficient (Wildman–Crippen LogP) is 3.90. The minimum atomic E-state index is 0.307. The van der Waals surface area contributed by atoms with Gasteiger partial charge in [0.1, 0.15) is 5.82 Å². The zero-order chi connectivity index (χ0) is 13.0. The van der Waals surface area contributed by atoms with Crippen molar-refractivity contribution < 1.29 is 0 Å². The molecule has 0 amide bonds. The topological polar surface area (TPSA) is 40.7 Å². The molecule has 96 valence electrons. The highest BCUT2D eigenvalue weighted by Gasteiger charge is 2.09. The van der Waals surface area contributed by atoms with Crippen LogP contribution in [-0.4, -0.2) is 16.5 Å². The second-order valence-electron chi connectivity index (χ2n) is 4.37. The average Bonchev–Trinajstić information content (AvgIpc) is 2.86. The summed E-state index contributed by atoms with van der Waals surface area (Å²) in [5.74, 6) is 0.919. The van der Waals surface area contributed by atoms with E-state index in [0.29, 0.717) is 6.04 Å². The first-order chi connectivity index (χ1) is 8.70. The Kier molecular flexibility index (Phi) is 4.55. The molecular formula is C14H18BrN3. The molecule has 3 nitrogen and oxygen atoms in total. The molecule has 0 bridgehead atoms. The van der Waals surface area contributed by atoms with Gasteiger partial charge in [0.2, 0.25) is 0 Å². The number of nitrogens with zero attached hydrogens (tertiary/aromatic N) is 1. The van der Waals surface area contributed by atoms with Gasteiger partial charge in [-0.3, -0.25) is 0 Å². The summed E-state index contributed by atoms with van der Waals surface area (Å²) in [7, 11) is 0. The van der Waals surface area contributed by atoms with E-state index in [1.807, 2.05) is 18.3 Å². The Bertz CT molecular complexity index is 490. The van der Waals surface area contributed by atoms with Crippen LogP contribution in [0.4, 0.5) is 0 Å². The molecule has 0 saturated carbocycles. The summed E-state index contributed by atoms with van der Waals surface area (Å²) in [6.07, 6.45) is 3.04. The van der Waals surface area contributed by atoms with Crippen LogP contribution in [0.1, 0.15) is 32.0 Å². The first kappa shape index (κ1) is 13.3. The average molecular weight is 308 g/mol. The Labute approximate surface area is 116 Å². The third-order valence-corrected chi connectivity index (χ3v) is 3.41. The van der Waals surface area contributed by atoms with E-state index in [4.69, 9.17) is 0 Å². The summed E-state index contributed by atoms with van der Waals surface area (Å²) >= 11 is 3.43. The summed E-state index contributed by atoms with van der Waals surface area (Å²) in [6.45, 7) is 5.34. The van der Waals surface area contributed by atoms with Crippen LogP contribution in [-0.2, 0) is 0 Å². The highest BCUT2D eigenvalue weighted by atomic mass is 79.9. The maximum Gasteiger partial charge on any atom is 0.137 e. The summed E-state index contributed by atoms with van der Waals surface area (Å²) in [4.78, 5) is 7.80. The lowest BCUT2D eigenvalue weighted by Crippen LogP contribution is -2.19. The largest absolute Gasteiger partial charge is 0.341 e. The highest BCUT2D eigenvalue weighted by molar-refractivity contribution is 9.10. The molecule has 1 aromatic heterocycles. The van der Waals surface area contributed by atoms with Gasteiger partial charge in [0.25, 0.3) is 0 Å². The van der Waals surface area contributed by atoms with Crippen LogP contribution in [0.5, 0.6) is 0 Å². The number of hydrogen-bond donors (Lipinski definition) is 2. The molecule has 1 heterocycles. The predicted molar refractivity (Wildman–Crippen MR) is 78.4 cm³/mol. The van der Waals surface area contributed by atoms with Gasteiger partial charge in [0, 0.05) is 16.1 Å². The minimum absolute atomic E-state index is 0.307. The minimum Gasteiger partial charge on any atom is -0.341 e. The Morgan fingerprint density at radius 1 is 1.33 bits per heavy atom. The number of nitrogens with one attached hydrogen (secondary N) is 2. The molecule has 18 heavy (non-hydrogen) atoms. The van der Waals surface area contributed by atoms with Crippen molar-refractivity contribution >= 4 is 15.9 Å². The third-order valence-electron chi connectivity index (χ3n) is 2.88. The zero-order valence-corrected chi connectivity index (χ0v) is 12.3. The number of hydrogen-bond acceptors (Lipinski definition) is 2. The fourth-order valence-corrected chi connectivity index (χ4v) is 2.05. The van der Waals surface area contributed by atoms with Crippen molar-refractivity contribution in [2.45, 2.75) is 26.3 Å². The number of rotatable bonds is 5. The molecule has 2 rings (SSSR count). The van der Waals surface area contributed by atoms with Crippen molar-refractivity contribution in [3.05, 3.63) is 40.6 Å². The van der Waals surface area contributed by atoms with Crippen LogP contribution >= 0.6 is 15.9 Å². The van der Waals surface area contributed by atoms with Gasteiger partial charge in [-0.1, -0.05) is 35.0 Å². The molecule has 0 radical (unpaired) electrons. The number of H-pyrrole nitrogens is 1. The van der Waals surface area contributed by atoms with Gasteiger partial charge in [-0.25, -0.2) is 4.98 Å². The number of benzene rings is 1. The van der Waals surface area contributed by atoms with E-state index >= 15 is 0 Å². The van der Waals surface area contributed by atoms with E-state index in [0.717, 1.165) is 34.5 Å². The molecule has 0 aliphatic rings. The van der Waals surface area contributed by atoms with Crippen LogP contribution in [0.25, 0.3) is 11.4 Å². The van der Waals surface area contributed by atoms with E-state index in [9.17, 15) is 0 Å². The van der Waals surface area contributed by atoms with E-state index < -0.39 is 0 Å². The van der Waals surface area contributed by atoms with Gasteiger partial charge in [0.15, 0.2) is 0 Å². The maximum absolute atomic E-state index is 4.43. The van der Waals surface area contributed by atoms with E-state index in [1.165, 1.54) is 0 Å². The van der Waals surface area contributed by atoms with Gasteiger partial charge in [-0.05, 0) is 32.0 Å². The normalized spacial score (nSPS) is 12.6. The van der Waals surface area contributed by atoms with Crippen molar-refractivity contribution in [2.75, 3.05) is 6.54 Å². The Morgan fingerprint density at radius 2 is 2.06 bits per heavy atom. The first-order valence-corrected chi connectivity index (χ1v) is 7.04. The molecule has 0 aliphatic heterocycles. The van der Waals surface area contributed by atoms with Crippen molar-refractivity contribution in [3.63, 3.8) is 0 Å². The first-order valence-electron chi connectivity index (χ1n) is 6.25. The molecule has 2 aromatic rings. The van der Waals surface area contributed by atoms with Gasteiger partial charge in [0.05, 0.1) is 11.9 Å². The van der Waals surface area contributed by atoms with Crippen molar-refractivity contribution in [1.82, 2.24) is 15.3 Å². The Balaban J connectivity index is 2.12. The number of aromatic amines is 1. The number of aromatic nitrogens is 2. The lowest BCUT2D eigenvalue weighted by atomic mass is 10.2. The van der Waals surface area contributed by atoms with Crippen LogP contribution in [0.2, 0.25) is 0 Å². The second-order valence-corrected chi connectivity index (χ2v) is 5.29. The number of imidazole rings is 1. The lowest BCUT2D eigenvalue weighted by molar-refractivity contribution is 0.561. The zero-order valence-electron chi connectivity index (χ0n) is 10.7. The second kappa shape index (κ2) is 6.16. The summed E-state index contributed by atoms with van der Waals surface area (Å²) < 4.78 is 1.08. The van der Waals surface area contributed by atoms with Crippen molar-refractivity contribution in [1.29, 1.82) is 0 Å². The molecule has 4 heteroatoms. The van der Waals surface area contributed by atoms with Crippen LogP contribution < -0.4 is 5.32 Å². The SMILES string of the molecule is CCCNC(C)c1cnc(-c2ccc(Br)cc2)[nH]1. The summed E-state index contributed by atoms with van der Waals surface area (Å²) in [6, 6.07) is 8.46. The molecular weight excluding hydrogens is 290 g/mol. The molecule has 2 N–H and O–H groups in total. The van der Waals surface area contributed by atoms with Crippen LogP contribution in [0, 0.1) is 0 Å². The maximum atomic E-state index is 4.43. The van der Waals surface area contributed by atoms with Gasteiger partial charge in [-0.15, -0.1) is 0 Å².